The van der Waals surface area contributed by atoms with Gasteiger partial charge in [-0.25, -0.2) is 0 Å². The fraction of sp³-hybridized carbons (Fsp3) is 0.600. The second kappa shape index (κ2) is 5.94. The fourth-order valence-corrected chi connectivity index (χ4v) is 3.18. The lowest BCUT2D eigenvalue weighted by atomic mass is 9.98. The average Bonchev–Trinajstić information content (AvgIpc) is 2.38. The average molecular weight is 267 g/mol. The quantitative estimate of drug-likeness (QED) is 0.891. The summed E-state index contributed by atoms with van der Waals surface area (Å²) >= 11 is 6.33. The standard InChI is InChI=1S/C15H23ClN2/c1-3-12-6-4-5-9-18(12)13-7-8-14(11(2)17)15(16)10-13/h7-8,10-12H,3-6,9,17H2,1-2H3. The molecule has 2 nitrogen and oxygen atoms in total. The van der Waals surface area contributed by atoms with Gasteiger partial charge < -0.3 is 10.6 Å². The van der Waals surface area contributed by atoms with Gasteiger partial charge in [0, 0.05) is 29.3 Å². The van der Waals surface area contributed by atoms with E-state index in [1.807, 2.05) is 6.92 Å². The number of nitrogens with two attached hydrogens (primary N) is 1. The molecule has 1 saturated heterocycles. The number of benzene rings is 1. The van der Waals surface area contributed by atoms with Gasteiger partial charge in [0.05, 0.1) is 0 Å². The lowest BCUT2D eigenvalue weighted by molar-refractivity contribution is 0.450. The Labute approximate surface area is 115 Å². The van der Waals surface area contributed by atoms with Crippen LogP contribution in [0.1, 0.15) is 51.1 Å². The summed E-state index contributed by atoms with van der Waals surface area (Å²) in [5.41, 5.74) is 8.18. The normalized spacial score (nSPS) is 22.0. The molecule has 0 bridgehead atoms. The van der Waals surface area contributed by atoms with Gasteiger partial charge in [0.15, 0.2) is 0 Å². The third kappa shape index (κ3) is 2.81. The highest BCUT2D eigenvalue weighted by Gasteiger charge is 2.21. The third-order valence-corrected chi connectivity index (χ3v) is 4.23. The van der Waals surface area contributed by atoms with E-state index in [9.17, 15) is 0 Å². The van der Waals surface area contributed by atoms with Crippen molar-refractivity contribution in [3.8, 4) is 0 Å². The Kier molecular flexibility index (Phi) is 4.52. The Bertz CT molecular complexity index is 403. The number of piperidine rings is 1. The summed E-state index contributed by atoms with van der Waals surface area (Å²) in [7, 11) is 0. The molecule has 2 rings (SSSR count). The van der Waals surface area contributed by atoms with Crippen LogP contribution in [0, 0.1) is 0 Å². The summed E-state index contributed by atoms with van der Waals surface area (Å²) < 4.78 is 0. The van der Waals surface area contributed by atoms with Crippen LogP contribution >= 0.6 is 11.6 Å². The molecule has 0 amide bonds. The predicted molar refractivity (Wildman–Crippen MR) is 79.3 cm³/mol. The molecule has 1 fully saturated rings. The van der Waals surface area contributed by atoms with Crippen molar-refractivity contribution in [1.82, 2.24) is 0 Å². The van der Waals surface area contributed by atoms with Crippen LogP contribution in [0.2, 0.25) is 5.02 Å². The molecule has 1 aliphatic heterocycles. The maximum atomic E-state index is 6.33. The van der Waals surface area contributed by atoms with E-state index in [4.69, 9.17) is 17.3 Å². The molecule has 1 aliphatic rings. The van der Waals surface area contributed by atoms with Crippen molar-refractivity contribution in [3.63, 3.8) is 0 Å². The minimum atomic E-state index is -0.00474. The van der Waals surface area contributed by atoms with Crippen molar-refractivity contribution >= 4 is 17.3 Å². The van der Waals surface area contributed by atoms with Crippen LogP contribution in [0.4, 0.5) is 5.69 Å². The molecule has 0 spiro atoms. The van der Waals surface area contributed by atoms with Crippen LogP contribution in [0.15, 0.2) is 18.2 Å². The van der Waals surface area contributed by atoms with Crippen LogP contribution in [0.3, 0.4) is 0 Å². The molecule has 1 heterocycles. The van der Waals surface area contributed by atoms with Gasteiger partial charge in [-0.15, -0.1) is 0 Å². The van der Waals surface area contributed by atoms with Gasteiger partial charge in [0.1, 0.15) is 0 Å². The van der Waals surface area contributed by atoms with Crippen LogP contribution in [-0.2, 0) is 0 Å². The maximum absolute atomic E-state index is 6.33. The largest absolute Gasteiger partial charge is 0.369 e. The zero-order chi connectivity index (χ0) is 13.1. The smallest absolute Gasteiger partial charge is 0.0474 e. The Morgan fingerprint density at radius 1 is 1.44 bits per heavy atom. The van der Waals surface area contributed by atoms with Crippen LogP contribution < -0.4 is 10.6 Å². The molecule has 0 radical (unpaired) electrons. The molecule has 2 unspecified atom stereocenters. The predicted octanol–water partition coefficient (Wildman–Crippen LogP) is 4.13. The summed E-state index contributed by atoms with van der Waals surface area (Å²) in [4.78, 5) is 2.50. The van der Waals surface area contributed by atoms with E-state index in [2.05, 4.69) is 30.0 Å². The van der Waals surface area contributed by atoms with Gasteiger partial charge in [-0.1, -0.05) is 24.6 Å². The van der Waals surface area contributed by atoms with Gasteiger partial charge in [-0.3, -0.25) is 0 Å². The first-order chi connectivity index (χ1) is 8.63. The number of hydrogen-bond acceptors (Lipinski definition) is 2. The Hall–Kier alpha value is -0.730. The SMILES string of the molecule is CCC1CCCCN1c1ccc(C(C)N)c(Cl)c1. The van der Waals surface area contributed by atoms with Crippen molar-refractivity contribution in [3.05, 3.63) is 28.8 Å². The van der Waals surface area contributed by atoms with Gasteiger partial charge in [0.25, 0.3) is 0 Å². The Balaban J connectivity index is 2.24. The van der Waals surface area contributed by atoms with Crippen molar-refractivity contribution in [2.45, 2.75) is 51.6 Å². The molecule has 2 N–H and O–H groups in total. The molecule has 1 aromatic carbocycles. The Morgan fingerprint density at radius 3 is 2.83 bits per heavy atom. The van der Waals surface area contributed by atoms with Gasteiger partial charge in [-0.2, -0.15) is 0 Å². The van der Waals surface area contributed by atoms with E-state index in [1.54, 1.807) is 0 Å². The third-order valence-electron chi connectivity index (χ3n) is 3.90. The summed E-state index contributed by atoms with van der Waals surface area (Å²) in [5.74, 6) is 0. The lowest BCUT2D eigenvalue weighted by Gasteiger charge is -2.37. The van der Waals surface area contributed by atoms with Crippen LogP contribution in [0.5, 0.6) is 0 Å². The van der Waals surface area contributed by atoms with E-state index < -0.39 is 0 Å². The van der Waals surface area contributed by atoms with E-state index in [-0.39, 0.29) is 6.04 Å². The van der Waals surface area contributed by atoms with Crippen molar-refractivity contribution in [2.75, 3.05) is 11.4 Å². The van der Waals surface area contributed by atoms with E-state index in [0.717, 1.165) is 17.1 Å². The molecule has 3 heteroatoms. The van der Waals surface area contributed by atoms with Gasteiger partial charge in [-0.05, 0) is 50.3 Å². The minimum Gasteiger partial charge on any atom is -0.369 e. The molecule has 0 saturated carbocycles. The Morgan fingerprint density at radius 2 is 2.22 bits per heavy atom. The zero-order valence-electron chi connectivity index (χ0n) is 11.3. The van der Waals surface area contributed by atoms with Crippen LogP contribution in [-0.4, -0.2) is 12.6 Å². The molecule has 1 aromatic rings. The number of anilines is 1. The zero-order valence-corrected chi connectivity index (χ0v) is 12.1. The monoisotopic (exact) mass is 266 g/mol. The highest BCUT2D eigenvalue weighted by Crippen LogP contribution is 2.31. The second-order valence-corrected chi connectivity index (χ2v) is 5.65. The number of hydrogen-bond donors (Lipinski definition) is 1. The highest BCUT2D eigenvalue weighted by atomic mass is 35.5. The first kappa shape index (κ1) is 13.7. The molecular formula is C15H23ClN2. The maximum Gasteiger partial charge on any atom is 0.0474 e. The van der Waals surface area contributed by atoms with Crippen LogP contribution in [0.25, 0.3) is 0 Å². The topological polar surface area (TPSA) is 29.3 Å². The summed E-state index contributed by atoms with van der Waals surface area (Å²) in [5, 5.41) is 0.794. The number of rotatable bonds is 3. The molecule has 0 aliphatic carbocycles. The molecule has 100 valence electrons. The van der Waals surface area contributed by atoms with E-state index in [1.165, 1.54) is 31.4 Å². The second-order valence-electron chi connectivity index (χ2n) is 5.25. The van der Waals surface area contributed by atoms with Gasteiger partial charge in [0.2, 0.25) is 0 Å². The number of nitrogens with zero attached hydrogens (tertiary/aromatic N) is 1. The summed E-state index contributed by atoms with van der Waals surface area (Å²) in [6, 6.07) is 6.97. The molecule has 0 aromatic heterocycles. The fourth-order valence-electron chi connectivity index (χ4n) is 2.83. The minimum absolute atomic E-state index is 0.00474. The van der Waals surface area contributed by atoms with E-state index >= 15 is 0 Å². The van der Waals surface area contributed by atoms with Gasteiger partial charge >= 0.3 is 0 Å². The highest BCUT2D eigenvalue weighted by molar-refractivity contribution is 6.31. The van der Waals surface area contributed by atoms with Crippen molar-refractivity contribution in [2.24, 2.45) is 5.73 Å². The molecular weight excluding hydrogens is 244 g/mol. The molecule has 18 heavy (non-hydrogen) atoms. The summed E-state index contributed by atoms with van der Waals surface area (Å²) in [6.07, 6.45) is 5.12. The van der Waals surface area contributed by atoms with Crippen molar-refractivity contribution in [1.29, 1.82) is 0 Å². The summed E-state index contributed by atoms with van der Waals surface area (Å²) in [6.45, 7) is 5.38. The van der Waals surface area contributed by atoms with E-state index in [0.29, 0.717) is 6.04 Å². The molecule has 2 atom stereocenters. The first-order valence-electron chi connectivity index (χ1n) is 6.95. The van der Waals surface area contributed by atoms with Crippen molar-refractivity contribution < 1.29 is 0 Å². The lowest BCUT2D eigenvalue weighted by Crippen LogP contribution is -2.39. The first-order valence-corrected chi connectivity index (χ1v) is 7.33. The number of halogens is 1.